The maximum Gasteiger partial charge on any atom is 0.0571 e. The number of rotatable bonds is 44. The fourth-order valence-corrected chi connectivity index (χ4v) is 16.4. The smallest absolute Gasteiger partial charge is 0.0571 e. The quantitative estimate of drug-likeness (QED) is 0.0235. The molecule has 0 N–H and O–H groups in total. The van der Waals surface area contributed by atoms with Gasteiger partial charge in [0.15, 0.2) is 0 Å². The summed E-state index contributed by atoms with van der Waals surface area (Å²) in [5.74, 6) is 4.71. The average Bonchev–Trinajstić information content (AvgIpc) is 3.49. The van der Waals surface area contributed by atoms with E-state index in [9.17, 15) is 0 Å². The van der Waals surface area contributed by atoms with Crippen LogP contribution in [0.25, 0.3) is 22.3 Å². The van der Waals surface area contributed by atoms with Gasteiger partial charge in [0.2, 0.25) is 0 Å². The summed E-state index contributed by atoms with van der Waals surface area (Å²) in [6.45, 7) is 13.9. The molecule has 0 saturated heterocycles. The van der Waals surface area contributed by atoms with Crippen molar-refractivity contribution in [3.8, 4) is 34.1 Å². The van der Waals surface area contributed by atoms with Gasteiger partial charge in [-0.25, -0.2) is 0 Å². The van der Waals surface area contributed by atoms with Gasteiger partial charge in [0.25, 0.3) is 0 Å². The molecule has 0 bridgehead atoms. The Hall–Kier alpha value is -2.45. The summed E-state index contributed by atoms with van der Waals surface area (Å²) in [5, 5.41) is 0. The largest absolute Gasteiger partial charge is 0.0654 e. The van der Waals surface area contributed by atoms with E-state index in [1.165, 1.54) is 215 Å². The minimum atomic E-state index is -0.0222. The van der Waals surface area contributed by atoms with Gasteiger partial charge in [-0.05, 0) is 136 Å². The number of hydrogen-bond acceptors (Lipinski definition) is 0. The van der Waals surface area contributed by atoms with E-state index in [0.29, 0.717) is 0 Å². The molecule has 0 atom stereocenters. The van der Waals surface area contributed by atoms with Gasteiger partial charge in [0, 0.05) is 48.0 Å². The van der Waals surface area contributed by atoms with Crippen molar-refractivity contribution < 1.29 is 21.1 Å². The molecule has 444 valence electrons. The Morgan fingerprint density at radius 2 is 0.418 bits per heavy atom. The number of hydrogen-bond donors (Lipinski definition) is 0. The van der Waals surface area contributed by atoms with Crippen LogP contribution in [0.3, 0.4) is 0 Å². The summed E-state index contributed by atoms with van der Waals surface area (Å²) in [6, 6.07) is 36.0. The van der Waals surface area contributed by atoms with E-state index in [1.54, 1.807) is 75.5 Å². The van der Waals surface area contributed by atoms with Crippen molar-refractivity contribution >= 4 is 15.8 Å². The molecule has 4 aromatic rings. The predicted molar refractivity (Wildman–Crippen MR) is 362 cm³/mol. The first kappa shape index (κ1) is 76.5. The predicted octanol–water partition coefficient (Wildman–Crippen LogP) is 25.1. The Morgan fingerprint density at radius 3 is 0.608 bits per heavy atom. The summed E-state index contributed by atoms with van der Waals surface area (Å²) < 4.78 is 0. The van der Waals surface area contributed by atoms with Crippen LogP contribution in [0.1, 0.15) is 284 Å². The van der Waals surface area contributed by atoms with Crippen molar-refractivity contribution in [2.45, 2.75) is 273 Å². The molecule has 4 aromatic carbocycles. The van der Waals surface area contributed by atoms with E-state index in [1.807, 2.05) is 84.9 Å². The van der Waals surface area contributed by atoms with Crippen molar-refractivity contribution in [3.05, 3.63) is 133 Å². The molecule has 0 fully saturated rings. The van der Waals surface area contributed by atoms with Crippen LogP contribution < -0.4 is 0 Å². The molecule has 0 aliphatic heterocycles. The van der Waals surface area contributed by atoms with E-state index in [-0.39, 0.29) is 36.9 Å². The molecule has 0 unspecified atom stereocenters. The molecule has 0 saturated carbocycles. The molecule has 79 heavy (non-hydrogen) atoms. The fraction of sp³-hybridized carbons (Fsp3) is 0.632. The zero-order chi connectivity index (χ0) is 56.5. The summed E-state index contributed by atoms with van der Waals surface area (Å²) in [6.07, 6.45) is 76.9. The van der Waals surface area contributed by atoms with E-state index in [2.05, 4.69) is 77.6 Å². The standard InChI is InChI=1S/2C24H51P.2C14H9.Pt/c2*1-4-7-10-13-16-19-22-25(23-20-17-14-11-8-5-2)24-21-18-15-12-9-6-3;2*1-2-12-8-10-14(11-9-12)13-6-4-3-5-7-13;/h2*4-24H2,1-3H3;2*3-11H;/p+2. The summed E-state index contributed by atoms with van der Waals surface area (Å²) in [5.41, 5.74) is 6.36. The summed E-state index contributed by atoms with van der Waals surface area (Å²) in [7, 11) is -0.0444. The maximum atomic E-state index is 6.97. The molecule has 2 radical (unpaired) electrons. The van der Waals surface area contributed by atoms with Crippen LogP contribution in [0.4, 0.5) is 0 Å². The van der Waals surface area contributed by atoms with Crippen molar-refractivity contribution in [1.82, 2.24) is 0 Å². The SMILES string of the molecule is CCCCCCCC[PH+](CCCCCCCC)CCCCCCCC.CCCCCCCC[PH+](CCCCCCCC)CCCCCCCC.[C]#Cc1ccc(-c2ccccc2)cc1.[C]#Cc1ccc(-c2ccccc2)cc1.[Pt]. The van der Waals surface area contributed by atoms with E-state index >= 15 is 0 Å². The molecule has 0 aliphatic carbocycles. The molecule has 0 amide bonds. The zero-order valence-corrected chi connectivity index (χ0v) is 56.7. The molecule has 3 heteroatoms. The van der Waals surface area contributed by atoms with E-state index in [4.69, 9.17) is 12.8 Å². The average molecular weight is 1290 g/mol. The second kappa shape index (κ2) is 60.1. The third-order valence-electron chi connectivity index (χ3n) is 15.6. The van der Waals surface area contributed by atoms with Crippen molar-refractivity contribution in [2.75, 3.05) is 37.0 Å². The van der Waals surface area contributed by atoms with E-state index in [0.717, 1.165) is 11.1 Å². The third kappa shape index (κ3) is 46.7. The molecule has 0 aliphatic rings. The van der Waals surface area contributed by atoms with Gasteiger partial charge in [-0.2, -0.15) is 0 Å². The van der Waals surface area contributed by atoms with Gasteiger partial charge in [0.05, 0.1) is 37.0 Å². The first-order chi connectivity index (χ1) is 38.5. The minimum Gasteiger partial charge on any atom is -0.0654 e. The summed E-state index contributed by atoms with van der Waals surface area (Å²) >= 11 is 0. The molecule has 4 rings (SSSR count). The molecular formula is C76H122P2Pt+2. The van der Waals surface area contributed by atoms with Gasteiger partial charge in [-0.15, -0.1) is 0 Å². The fourth-order valence-electron chi connectivity index (χ4n) is 10.4. The normalized spacial score (nSPS) is 10.6. The van der Waals surface area contributed by atoms with Crippen LogP contribution in [0.5, 0.6) is 0 Å². The van der Waals surface area contributed by atoms with Crippen LogP contribution in [0, 0.1) is 24.7 Å². The molecule has 0 nitrogen and oxygen atoms in total. The van der Waals surface area contributed by atoms with Crippen molar-refractivity contribution in [2.24, 2.45) is 0 Å². The van der Waals surface area contributed by atoms with Crippen LogP contribution in [-0.2, 0) is 21.1 Å². The Kier molecular flexibility index (Phi) is 58.3. The Balaban J connectivity index is 0.00000105. The van der Waals surface area contributed by atoms with Crippen LogP contribution in [0.15, 0.2) is 109 Å². The van der Waals surface area contributed by atoms with Gasteiger partial charge in [-0.1, -0.05) is 292 Å². The zero-order valence-electron chi connectivity index (χ0n) is 52.4. The van der Waals surface area contributed by atoms with Crippen LogP contribution >= 0.6 is 15.8 Å². The summed E-state index contributed by atoms with van der Waals surface area (Å²) in [4.78, 5) is 0. The first-order valence-electron chi connectivity index (χ1n) is 33.3. The van der Waals surface area contributed by atoms with Crippen molar-refractivity contribution in [3.63, 3.8) is 0 Å². The van der Waals surface area contributed by atoms with E-state index < -0.39 is 0 Å². The van der Waals surface area contributed by atoms with Crippen LogP contribution in [-0.4, -0.2) is 37.0 Å². The van der Waals surface area contributed by atoms with Gasteiger partial charge < -0.3 is 0 Å². The van der Waals surface area contributed by atoms with Crippen molar-refractivity contribution in [1.29, 1.82) is 0 Å². The third-order valence-corrected chi connectivity index (χ3v) is 21.9. The molecule has 0 aromatic heterocycles. The monoisotopic (exact) mass is 1290 g/mol. The van der Waals surface area contributed by atoms with Crippen LogP contribution in [0.2, 0.25) is 0 Å². The Labute approximate surface area is 510 Å². The first-order valence-corrected chi connectivity index (χ1v) is 37.6. The molecule has 0 spiro atoms. The molecule has 0 heterocycles. The second-order valence-corrected chi connectivity index (χ2v) is 28.7. The number of benzene rings is 4. The Bertz CT molecular complexity index is 1670. The van der Waals surface area contributed by atoms with Gasteiger partial charge >= 0.3 is 0 Å². The topological polar surface area (TPSA) is 0 Å². The maximum absolute atomic E-state index is 6.97. The number of unbranched alkanes of at least 4 members (excludes halogenated alkanes) is 30. The van der Waals surface area contributed by atoms with Gasteiger partial charge in [0.1, 0.15) is 0 Å². The molecular weight excluding hydrogens is 1170 g/mol. The Morgan fingerprint density at radius 1 is 0.241 bits per heavy atom. The minimum absolute atomic E-state index is 0. The second-order valence-electron chi connectivity index (χ2n) is 22.7. The van der Waals surface area contributed by atoms with Gasteiger partial charge in [-0.3, -0.25) is 0 Å².